The highest BCUT2D eigenvalue weighted by Gasteiger charge is 2.32. The predicted molar refractivity (Wildman–Crippen MR) is 93.6 cm³/mol. The SMILES string of the molecule is CC[C@H](O)c1cc2n(n1)CCN(S(=O)(=O)c1cccc3c1nnn3C)C2. The second-order valence-electron chi connectivity index (χ2n) is 6.38. The molecule has 0 bridgehead atoms. The van der Waals surface area contributed by atoms with Crippen LogP contribution in [-0.4, -0.2) is 49.1 Å². The van der Waals surface area contributed by atoms with Crippen molar-refractivity contribution < 1.29 is 13.5 Å². The minimum absolute atomic E-state index is 0.157. The first-order chi connectivity index (χ1) is 12.4. The number of fused-ring (bicyclic) bond motifs is 2. The fourth-order valence-electron chi connectivity index (χ4n) is 3.22. The van der Waals surface area contributed by atoms with Crippen LogP contribution in [0, 0.1) is 0 Å². The van der Waals surface area contributed by atoms with Crippen LogP contribution in [0.4, 0.5) is 0 Å². The van der Waals surface area contributed by atoms with Crippen LogP contribution in [0.1, 0.15) is 30.8 Å². The van der Waals surface area contributed by atoms with E-state index in [0.717, 1.165) is 5.69 Å². The van der Waals surface area contributed by atoms with E-state index < -0.39 is 16.1 Å². The van der Waals surface area contributed by atoms with Gasteiger partial charge in [-0.2, -0.15) is 9.40 Å². The van der Waals surface area contributed by atoms with Crippen molar-refractivity contribution in [3.63, 3.8) is 0 Å². The predicted octanol–water partition coefficient (Wildman–Crippen LogP) is 0.813. The van der Waals surface area contributed by atoms with Gasteiger partial charge in [0.05, 0.1) is 36.1 Å². The molecule has 1 aromatic carbocycles. The Morgan fingerprint density at radius 3 is 2.88 bits per heavy atom. The summed E-state index contributed by atoms with van der Waals surface area (Å²) >= 11 is 0. The number of rotatable bonds is 4. The highest BCUT2D eigenvalue weighted by atomic mass is 32.2. The Morgan fingerprint density at radius 2 is 2.12 bits per heavy atom. The summed E-state index contributed by atoms with van der Waals surface area (Å²) in [7, 11) is -1.99. The van der Waals surface area contributed by atoms with Gasteiger partial charge in [0.2, 0.25) is 10.0 Å². The summed E-state index contributed by atoms with van der Waals surface area (Å²) in [6.45, 7) is 2.85. The monoisotopic (exact) mass is 376 g/mol. The minimum Gasteiger partial charge on any atom is -0.387 e. The number of benzene rings is 1. The lowest BCUT2D eigenvalue weighted by molar-refractivity contribution is 0.167. The molecule has 0 amide bonds. The number of sulfonamides is 1. The Bertz CT molecular complexity index is 1070. The van der Waals surface area contributed by atoms with E-state index in [1.165, 1.54) is 4.31 Å². The first-order valence-corrected chi connectivity index (χ1v) is 9.89. The molecule has 0 spiro atoms. The Labute approximate surface area is 150 Å². The van der Waals surface area contributed by atoms with E-state index in [9.17, 15) is 13.5 Å². The second kappa shape index (κ2) is 6.15. The fourth-order valence-corrected chi connectivity index (χ4v) is 4.76. The van der Waals surface area contributed by atoms with Crippen LogP contribution in [0.2, 0.25) is 0 Å². The minimum atomic E-state index is -3.72. The molecule has 0 aliphatic carbocycles. The maximum atomic E-state index is 13.2. The molecule has 2 aromatic heterocycles. The molecule has 0 unspecified atom stereocenters. The summed E-state index contributed by atoms with van der Waals surface area (Å²) in [6, 6.07) is 6.82. The molecule has 3 aromatic rings. The van der Waals surface area contributed by atoms with Gasteiger partial charge in [-0.25, -0.2) is 13.1 Å². The zero-order valence-electron chi connectivity index (χ0n) is 14.6. The lowest BCUT2D eigenvalue weighted by atomic mass is 10.2. The van der Waals surface area contributed by atoms with Gasteiger partial charge in [-0.1, -0.05) is 18.2 Å². The van der Waals surface area contributed by atoms with Crippen molar-refractivity contribution in [2.24, 2.45) is 7.05 Å². The molecule has 3 heterocycles. The van der Waals surface area contributed by atoms with Crippen molar-refractivity contribution >= 4 is 21.1 Å². The van der Waals surface area contributed by atoms with Crippen molar-refractivity contribution in [3.8, 4) is 0 Å². The maximum Gasteiger partial charge on any atom is 0.245 e. The average Bonchev–Trinajstić information content (AvgIpc) is 3.24. The molecule has 9 nitrogen and oxygen atoms in total. The van der Waals surface area contributed by atoms with E-state index in [-0.39, 0.29) is 11.4 Å². The summed E-state index contributed by atoms with van der Waals surface area (Å²) in [6.07, 6.45) is -0.0702. The van der Waals surface area contributed by atoms with E-state index in [1.807, 2.05) is 6.92 Å². The molecule has 1 aliphatic rings. The third kappa shape index (κ3) is 2.61. The van der Waals surface area contributed by atoms with Crippen LogP contribution < -0.4 is 0 Å². The van der Waals surface area contributed by atoms with Crippen molar-refractivity contribution in [2.75, 3.05) is 6.54 Å². The number of aromatic nitrogens is 5. The Morgan fingerprint density at radius 1 is 1.31 bits per heavy atom. The van der Waals surface area contributed by atoms with Gasteiger partial charge in [-0.3, -0.25) is 4.68 Å². The third-order valence-corrected chi connectivity index (χ3v) is 6.61. The summed E-state index contributed by atoms with van der Waals surface area (Å²) in [4.78, 5) is 0.157. The smallest absolute Gasteiger partial charge is 0.245 e. The number of hydrogen-bond acceptors (Lipinski definition) is 6. The number of aryl methyl sites for hydroxylation is 1. The van der Waals surface area contributed by atoms with E-state index in [0.29, 0.717) is 36.2 Å². The summed E-state index contributed by atoms with van der Waals surface area (Å²) in [5.41, 5.74) is 2.39. The standard InChI is InChI=1S/C16H20N6O3S/c1-3-14(23)12-9-11-10-21(7-8-22(11)18-12)26(24,25)15-6-4-5-13-16(15)17-19-20(13)2/h4-6,9,14,23H,3,7-8,10H2,1-2H3/t14-/m0/s1. The molecule has 10 heteroatoms. The molecule has 1 aliphatic heterocycles. The number of nitrogens with zero attached hydrogens (tertiary/aromatic N) is 6. The molecular formula is C16H20N6O3S. The fraction of sp³-hybridized carbons (Fsp3) is 0.438. The number of hydrogen-bond donors (Lipinski definition) is 1. The van der Waals surface area contributed by atoms with Gasteiger partial charge >= 0.3 is 0 Å². The van der Waals surface area contributed by atoms with Crippen LogP contribution in [0.15, 0.2) is 29.2 Å². The van der Waals surface area contributed by atoms with E-state index in [4.69, 9.17) is 0 Å². The highest BCUT2D eigenvalue weighted by molar-refractivity contribution is 7.89. The van der Waals surface area contributed by atoms with E-state index >= 15 is 0 Å². The van der Waals surface area contributed by atoms with Crippen molar-refractivity contribution in [2.45, 2.75) is 37.4 Å². The molecule has 0 fully saturated rings. The third-order valence-electron chi connectivity index (χ3n) is 4.73. The van der Waals surface area contributed by atoms with Crippen LogP contribution in [0.5, 0.6) is 0 Å². The Balaban J connectivity index is 1.70. The molecule has 1 N–H and O–H groups in total. The van der Waals surface area contributed by atoms with Gasteiger partial charge in [0.25, 0.3) is 0 Å². The van der Waals surface area contributed by atoms with Crippen molar-refractivity contribution in [1.82, 2.24) is 29.1 Å². The molecule has 4 rings (SSSR count). The van der Waals surface area contributed by atoms with Gasteiger partial charge < -0.3 is 5.11 Å². The summed E-state index contributed by atoms with van der Waals surface area (Å²) < 4.78 is 31.1. The summed E-state index contributed by atoms with van der Waals surface area (Å²) in [5, 5.41) is 22.3. The van der Waals surface area contributed by atoms with Gasteiger partial charge in [-0.15, -0.1) is 5.10 Å². The highest BCUT2D eigenvalue weighted by Crippen LogP contribution is 2.27. The summed E-state index contributed by atoms with van der Waals surface area (Å²) in [5.74, 6) is 0. The number of aliphatic hydroxyl groups excluding tert-OH is 1. The molecular weight excluding hydrogens is 356 g/mol. The average molecular weight is 376 g/mol. The normalized spacial score (nSPS) is 16.7. The van der Waals surface area contributed by atoms with Gasteiger partial charge in [0.15, 0.2) is 0 Å². The molecule has 26 heavy (non-hydrogen) atoms. The van der Waals surface area contributed by atoms with Crippen molar-refractivity contribution in [1.29, 1.82) is 0 Å². The van der Waals surface area contributed by atoms with E-state index in [1.54, 1.807) is 40.7 Å². The van der Waals surface area contributed by atoms with Crippen LogP contribution in [0.25, 0.3) is 11.0 Å². The zero-order chi connectivity index (χ0) is 18.5. The topological polar surface area (TPSA) is 106 Å². The van der Waals surface area contributed by atoms with Gasteiger partial charge in [0.1, 0.15) is 10.4 Å². The van der Waals surface area contributed by atoms with Gasteiger partial charge in [-0.05, 0) is 24.6 Å². The second-order valence-corrected chi connectivity index (χ2v) is 8.29. The van der Waals surface area contributed by atoms with Crippen LogP contribution >= 0.6 is 0 Å². The Kier molecular flexibility index (Phi) is 4.05. The lowest BCUT2D eigenvalue weighted by Crippen LogP contribution is -2.38. The molecule has 0 radical (unpaired) electrons. The van der Waals surface area contributed by atoms with Crippen molar-refractivity contribution in [3.05, 3.63) is 35.7 Å². The molecule has 0 saturated heterocycles. The maximum absolute atomic E-state index is 13.2. The number of aliphatic hydroxyl groups is 1. The van der Waals surface area contributed by atoms with Crippen LogP contribution in [0.3, 0.4) is 0 Å². The first kappa shape index (κ1) is 17.1. The molecule has 1 atom stereocenters. The first-order valence-electron chi connectivity index (χ1n) is 8.45. The van der Waals surface area contributed by atoms with Crippen LogP contribution in [-0.2, 0) is 30.2 Å². The lowest BCUT2D eigenvalue weighted by Gasteiger charge is -2.26. The quantitative estimate of drug-likeness (QED) is 0.722. The molecule has 0 saturated carbocycles. The molecule has 138 valence electrons. The van der Waals surface area contributed by atoms with E-state index in [2.05, 4.69) is 15.4 Å². The largest absolute Gasteiger partial charge is 0.387 e. The van der Waals surface area contributed by atoms with Gasteiger partial charge in [0, 0.05) is 13.6 Å². The zero-order valence-corrected chi connectivity index (χ0v) is 15.4. The Hall–Kier alpha value is -2.30.